The number of piperazine rings is 1. The van der Waals surface area contributed by atoms with Gasteiger partial charge in [-0.25, -0.2) is 13.5 Å². The second-order valence-electron chi connectivity index (χ2n) is 6.48. The molecule has 0 radical (unpaired) electrons. The fourth-order valence-corrected chi connectivity index (χ4v) is 4.24. The number of sulfone groups is 1. The maximum atomic E-state index is 12.6. The summed E-state index contributed by atoms with van der Waals surface area (Å²) in [4.78, 5) is 27.8. The Kier molecular flexibility index (Phi) is 5.31. The smallest absolute Gasteiger partial charge is 0.285 e. The predicted molar refractivity (Wildman–Crippen MR) is 101 cm³/mol. The van der Waals surface area contributed by atoms with Crippen molar-refractivity contribution in [3.05, 3.63) is 51.9 Å². The van der Waals surface area contributed by atoms with Crippen molar-refractivity contribution in [2.24, 2.45) is 0 Å². The Morgan fingerprint density at radius 1 is 1.19 bits per heavy atom. The topological polar surface area (TPSA) is 103 Å². The van der Waals surface area contributed by atoms with Crippen molar-refractivity contribution in [1.82, 2.24) is 15.1 Å². The van der Waals surface area contributed by atoms with Crippen LogP contribution in [0.5, 0.6) is 0 Å². The summed E-state index contributed by atoms with van der Waals surface area (Å²) in [6.45, 7) is 4.85. The molecular formula is C18H22N4O4S. The molecule has 9 heteroatoms. The minimum atomic E-state index is -3.74. The SMILES string of the molecule is CCS(=O)(=O)c1c(N2CCN(Cc3ccccc3C)C(=O)C2)cn[nH]c1=O. The summed E-state index contributed by atoms with van der Waals surface area (Å²) in [6.07, 6.45) is 1.30. The van der Waals surface area contributed by atoms with Crippen molar-refractivity contribution in [3.63, 3.8) is 0 Å². The van der Waals surface area contributed by atoms with Crippen LogP contribution in [0, 0.1) is 6.92 Å². The van der Waals surface area contributed by atoms with Gasteiger partial charge in [0.1, 0.15) is 0 Å². The van der Waals surface area contributed by atoms with Crippen LogP contribution in [0.15, 0.2) is 40.2 Å². The third-order valence-corrected chi connectivity index (χ3v) is 6.54. The third kappa shape index (κ3) is 3.87. The number of H-pyrrole nitrogens is 1. The zero-order valence-electron chi connectivity index (χ0n) is 15.3. The molecular weight excluding hydrogens is 368 g/mol. The zero-order chi connectivity index (χ0) is 19.6. The summed E-state index contributed by atoms with van der Waals surface area (Å²) in [7, 11) is -3.74. The summed E-state index contributed by atoms with van der Waals surface area (Å²) in [5.74, 6) is -0.321. The first-order valence-electron chi connectivity index (χ1n) is 8.71. The van der Waals surface area contributed by atoms with Gasteiger partial charge in [0, 0.05) is 19.6 Å². The van der Waals surface area contributed by atoms with Crippen LogP contribution in [-0.4, -0.2) is 54.8 Å². The van der Waals surface area contributed by atoms with Gasteiger partial charge < -0.3 is 9.80 Å². The average Bonchev–Trinajstić information content (AvgIpc) is 2.64. The molecule has 2 heterocycles. The van der Waals surface area contributed by atoms with Gasteiger partial charge in [-0.15, -0.1) is 0 Å². The number of carbonyl (C=O) groups excluding carboxylic acids is 1. The van der Waals surface area contributed by atoms with Crippen molar-refractivity contribution in [2.45, 2.75) is 25.3 Å². The number of hydrogen-bond acceptors (Lipinski definition) is 6. The van der Waals surface area contributed by atoms with E-state index in [0.717, 1.165) is 11.1 Å². The Morgan fingerprint density at radius 3 is 2.59 bits per heavy atom. The van der Waals surface area contributed by atoms with Crippen LogP contribution < -0.4 is 10.5 Å². The number of carbonyl (C=O) groups is 1. The van der Waals surface area contributed by atoms with Crippen molar-refractivity contribution in [3.8, 4) is 0 Å². The quantitative estimate of drug-likeness (QED) is 0.807. The monoisotopic (exact) mass is 390 g/mol. The van der Waals surface area contributed by atoms with Gasteiger partial charge in [0.05, 0.1) is 24.2 Å². The lowest BCUT2D eigenvalue weighted by molar-refractivity contribution is -0.131. The van der Waals surface area contributed by atoms with Crippen molar-refractivity contribution >= 4 is 21.4 Å². The molecule has 0 bridgehead atoms. The van der Waals surface area contributed by atoms with Gasteiger partial charge in [0.2, 0.25) is 5.91 Å². The molecule has 1 aliphatic heterocycles. The number of nitrogens with zero attached hydrogens (tertiary/aromatic N) is 3. The molecule has 1 amide bonds. The zero-order valence-corrected chi connectivity index (χ0v) is 16.1. The summed E-state index contributed by atoms with van der Waals surface area (Å²) < 4.78 is 24.7. The van der Waals surface area contributed by atoms with Crippen LogP contribution >= 0.6 is 0 Å². The van der Waals surface area contributed by atoms with E-state index in [1.54, 1.807) is 9.80 Å². The van der Waals surface area contributed by atoms with Gasteiger partial charge in [-0.3, -0.25) is 9.59 Å². The Balaban J connectivity index is 1.83. The van der Waals surface area contributed by atoms with Crippen molar-refractivity contribution < 1.29 is 13.2 Å². The lowest BCUT2D eigenvalue weighted by Crippen LogP contribution is -2.50. The lowest BCUT2D eigenvalue weighted by atomic mass is 10.1. The second-order valence-corrected chi connectivity index (χ2v) is 8.70. The minimum absolute atomic E-state index is 0.00322. The highest BCUT2D eigenvalue weighted by Gasteiger charge is 2.30. The number of aromatic amines is 1. The first-order valence-corrected chi connectivity index (χ1v) is 10.4. The van der Waals surface area contributed by atoms with Gasteiger partial charge in [-0.2, -0.15) is 5.10 Å². The molecule has 1 saturated heterocycles. The van der Waals surface area contributed by atoms with Crippen LogP contribution in [0.4, 0.5) is 5.69 Å². The fraction of sp³-hybridized carbons (Fsp3) is 0.389. The lowest BCUT2D eigenvalue weighted by Gasteiger charge is -2.36. The van der Waals surface area contributed by atoms with Crippen LogP contribution in [0.25, 0.3) is 0 Å². The molecule has 1 aliphatic rings. The number of aromatic nitrogens is 2. The highest BCUT2D eigenvalue weighted by Crippen LogP contribution is 2.24. The van der Waals surface area contributed by atoms with Gasteiger partial charge in [0.15, 0.2) is 14.7 Å². The molecule has 2 aromatic rings. The molecule has 0 saturated carbocycles. The van der Waals surface area contributed by atoms with Crippen LogP contribution in [0.3, 0.4) is 0 Å². The molecule has 8 nitrogen and oxygen atoms in total. The average molecular weight is 390 g/mol. The van der Waals surface area contributed by atoms with Gasteiger partial charge in [-0.1, -0.05) is 31.2 Å². The first-order chi connectivity index (χ1) is 12.8. The van der Waals surface area contributed by atoms with E-state index in [0.29, 0.717) is 19.6 Å². The van der Waals surface area contributed by atoms with E-state index in [1.165, 1.54) is 13.1 Å². The number of hydrogen-bond donors (Lipinski definition) is 1. The molecule has 1 N–H and O–H groups in total. The molecule has 0 unspecified atom stereocenters. The summed E-state index contributed by atoms with van der Waals surface area (Å²) >= 11 is 0. The van der Waals surface area contributed by atoms with E-state index < -0.39 is 15.4 Å². The highest BCUT2D eigenvalue weighted by molar-refractivity contribution is 7.91. The number of aryl methyl sites for hydroxylation is 1. The standard InChI is InChI=1S/C18H22N4O4S/c1-3-27(25,26)17-15(10-19-20-18(17)24)21-8-9-22(16(23)12-21)11-14-7-5-4-6-13(14)2/h4-7,10H,3,8-9,11-12H2,1-2H3,(H,20,24). The van der Waals surface area contributed by atoms with Crippen LogP contribution in [0.1, 0.15) is 18.1 Å². The van der Waals surface area contributed by atoms with Gasteiger partial charge in [0.25, 0.3) is 5.56 Å². The predicted octanol–water partition coefficient (Wildman–Crippen LogP) is 0.721. The van der Waals surface area contributed by atoms with Crippen LogP contribution in [0.2, 0.25) is 0 Å². The van der Waals surface area contributed by atoms with Gasteiger partial charge in [-0.05, 0) is 18.1 Å². The van der Waals surface area contributed by atoms with Crippen LogP contribution in [-0.2, 0) is 21.2 Å². The van der Waals surface area contributed by atoms with E-state index in [1.807, 2.05) is 31.2 Å². The molecule has 0 atom stereocenters. The number of anilines is 1. The van der Waals surface area contributed by atoms with Gasteiger partial charge >= 0.3 is 0 Å². The molecule has 144 valence electrons. The first kappa shape index (κ1) is 19.1. The molecule has 0 spiro atoms. The Morgan fingerprint density at radius 2 is 1.93 bits per heavy atom. The number of benzene rings is 1. The Bertz CT molecular complexity index is 1020. The molecule has 3 rings (SSSR count). The van der Waals surface area contributed by atoms with E-state index in [2.05, 4.69) is 10.2 Å². The summed E-state index contributed by atoms with van der Waals surface area (Å²) in [6, 6.07) is 7.88. The van der Waals surface area contributed by atoms with E-state index >= 15 is 0 Å². The maximum Gasteiger partial charge on any atom is 0.285 e. The largest absolute Gasteiger partial charge is 0.358 e. The maximum absolute atomic E-state index is 12.6. The summed E-state index contributed by atoms with van der Waals surface area (Å²) in [5, 5.41) is 5.89. The third-order valence-electron chi connectivity index (χ3n) is 4.76. The molecule has 1 aromatic heterocycles. The molecule has 1 aromatic carbocycles. The molecule has 27 heavy (non-hydrogen) atoms. The molecule has 0 aliphatic carbocycles. The number of rotatable bonds is 5. The molecule has 1 fully saturated rings. The summed E-state index contributed by atoms with van der Waals surface area (Å²) in [5.41, 5.74) is 1.61. The van der Waals surface area contributed by atoms with Crippen molar-refractivity contribution in [1.29, 1.82) is 0 Å². The number of amides is 1. The number of nitrogens with one attached hydrogen (secondary N) is 1. The normalized spacial score (nSPS) is 15.3. The fourth-order valence-electron chi connectivity index (χ4n) is 3.12. The van der Waals surface area contributed by atoms with E-state index in [-0.39, 0.29) is 28.8 Å². The minimum Gasteiger partial charge on any atom is -0.358 e. The second kappa shape index (κ2) is 7.51. The Hall–Kier alpha value is -2.68. The van der Waals surface area contributed by atoms with E-state index in [4.69, 9.17) is 0 Å². The Labute approximate surface area is 157 Å². The van der Waals surface area contributed by atoms with Crippen molar-refractivity contribution in [2.75, 3.05) is 30.3 Å². The van der Waals surface area contributed by atoms with E-state index in [9.17, 15) is 18.0 Å². The highest BCUT2D eigenvalue weighted by atomic mass is 32.2.